The lowest BCUT2D eigenvalue weighted by atomic mass is 10.0. The van der Waals surface area contributed by atoms with Crippen LogP contribution in [0.1, 0.15) is 23.5 Å². The fourth-order valence-electron chi connectivity index (χ4n) is 3.70. The Morgan fingerprint density at radius 2 is 2.07 bits per heavy atom. The summed E-state index contributed by atoms with van der Waals surface area (Å²) in [5.74, 6) is 0. The van der Waals surface area contributed by atoms with Crippen molar-refractivity contribution in [3.63, 3.8) is 0 Å². The number of thiocarbonyl (C=S) groups is 1. The number of nitro groups is 1. The van der Waals surface area contributed by atoms with Gasteiger partial charge in [0, 0.05) is 36.8 Å². The van der Waals surface area contributed by atoms with Crippen molar-refractivity contribution in [3.8, 4) is 5.69 Å². The zero-order valence-corrected chi connectivity index (χ0v) is 16.2. The van der Waals surface area contributed by atoms with Gasteiger partial charge in [-0.1, -0.05) is 12.1 Å². The zero-order valence-electron chi connectivity index (χ0n) is 15.4. The molecule has 0 radical (unpaired) electrons. The number of pyridine rings is 1. The van der Waals surface area contributed by atoms with E-state index in [4.69, 9.17) is 12.2 Å². The van der Waals surface area contributed by atoms with Gasteiger partial charge in [0.15, 0.2) is 5.11 Å². The summed E-state index contributed by atoms with van der Waals surface area (Å²) >= 11 is 5.53. The molecule has 0 saturated carbocycles. The molecule has 0 spiro atoms. The number of rotatable bonds is 6. The first kappa shape index (κ1) is 19.0. The van der Waals surface area contributed by atoms with Gasteiger partial charge < -0.3 is 19.9 Å². The first-order valence-corrected chi connectivity index (χ1v) is 9.52. The average Bonchev–Trinajstić information content (AvgIpc) is 3.34. The summed E-state index contributed by atoms with van der Waals surface area (Å²) in [4.78, 5) is 17.2. The number of nitrogens with one attached hydrogen (secondary N) is 1. The highest BCUT2D eigenvalue weighted by molar-refractivity contribution is 7.80. The number of aliphatic hydroxyl groups is 1. The molecule has 1 aliphatic rings. The summed E-state index contributed by atoms with van der Waals surface area (Å²) in [7, 11) is 0. The summed E-state index contributed by atoms with van der Waals surface area (Å²) in [5, 5.41) is 24.6. The third kappa shape index (κ3) is 3.57. The minimum Gasteiger partial charge on any atom is -0.395 e. The fourth-order valence-corrected chi connectivity index (χ4v) is 4.03. The van der Waals surface area contributed by atoms with Crippen molar-refractivity contribution >= 4 is 23.0 Å². The summed E-state index contributed by atoms with van der Waals surface area (Å²) in [6, 6.07) is 15.6. The number of β-amino-alcohol motifs (C(OH)–C–C–N with tert-alkyl or cyclic N) is 1. The van der Waals surface area contributed by atoms with Crippen LogP contribution in [0.2, 0.25) is 0 Å². The average molecular weight is 409 g/mol. The second-order valence-corrected chi connectivity index (χ2v) is 7.01. The Bertz CT molecular complexity index is 1040. The summed E-state index contributed by atoms with van der Waals surface area (Å²) in [6.45, 7) is 0.310. The van der Waals surface area contributed by atoms with E-state index in [2.05, 4.69) is 10.3 Å². The minimum absolute atomic E-state index is 0.0238. The number of aromatic nitrogens is 2. The van der Waals surface area contributed by atoms with Gasteiger partial charge in [0.25, 0.3) is 5.69 Å². The molecular weight excluding hydrogens is 390 g/mol. The molecule has 2 atom stereocenters. The molecule has 3 heterocycles. The second-order valence-electron chi connectivity index (χ2n) is 6.62. The molecule has 148 valence electrons. The largest absolute Gasteiger partial charge is 0.395 e. The Morgan fingerprint density at radius 3 is 2.79 bits per heavy atom. The van der Waals surface area contributed by atoms with Gasteiger partial charge in [0.1, 0.15) is 0 Å². The number of aliphatic hydroxyl groups excluding tert-OH is 1. The zero-order chi connectivity index (χ0) is 20.4. The Morgan fingerprint density at radius 1 is 1.21 bits per heavy atom. The maximum absolute atomic E-state index is 11.2. The molecule has 0 amide bonds. The quantitative estimate of drug-likeness (QED) is 0.367. The molecule has 0 unspecified atom stereocenters. The Balaban J connectivity index is 1.81. The molecule has 1 aromatic carbocycles. The monoisotopic (exact) mass is 409 g/mol. The molecule has 0 aliphatic carbocycles. The number of nitrogens with zero attached hydrogens (tertiary/aromatic N) is 4. The van der Waals surface area contributed by atoms with E-state index < -0.39 is 4.92 Å². The lowest BCUT2D eigenvalue weighted by Crippen LogP contribution is -2.32. The van der Waals surface area contributed by atoms with Gasteiger partial charge in [-0.25, -0.2) is 0 Å². The van der Waals surface area contributed by atoms with Crippen LogP contribution in [0.3, 0.4) is 0 Å². The molecule has 0 bridgehead atoms. The van der Waals surface area contributed by atoms with Crippen LogP contribution in [0.25, 0.3) is 5.69 Å². The van der Waals surface area contributed by atoms with Gasteiger partial charge in [-0.3, -0.25) is 15.1 Å². The van der Waals surface area contributed by atoms with Crippen molar-refractivity contribution in [2.24, 2.45) is 0 Å². The van der Waals surface area contributed by atoms with Gasteiger partial charge >= 0.3 is 0 Å². The number of benzene rings is 1. The van der Waals surface area contributed by atoms with Gasteiger partial charge in [0.05, 0.1) is 35.0 Å². The molecule has 1 fully saturated rings. The van der Waals surface area contributed by atoms with Crippen molar-refractivity contribution in [1.29, 1.82) is 0 Å². The van der Waals surface area contributed by atoms with Crippen molar-refractivity contribution in [3.05, 3.63) is 88.5 Å². The Kier molecular flexibility index (Phi) is 5.24. The third-order valence-corrected chi connectivity index (χ3v) is 5.29. The number of hydrogen-bond donors (Lipinski definition) is 2. The van der Waals surface area contributed by atoms with Crippen LogP contribution < -0.4 is 5.32 Å². The Hall–Kier alpha value is -3.30. The van der Waals surface area contributed by atoms with Crippen molar-refractivity contribution in [1.82, 2.24) is 19.8 Å². The van der Waals surface area contributed by atoms with E-state index in [-0.39, 0.29) is 24.4 Å². The van der Waals surface area contributed by atoms with Crippen LogP contribution in [-0.2, 0) is 0 Å². The van der Waals surface area contributed by atoms with Crippen molar-refractivity contribution < 1.29 is 10.0 Å². The SMILES string of the molecule is O=[N+]([O-])c1cccc(-n2cccc2[C@H]2[C@H](c3ccccn3)NC(=S)N2CCO)c1. The predicted octanol–water partition coefficient (Wildman–Crippen LogP) is 2.75. The van der Waals surface area contributed by atoms with E-state index in [1.807, 2.05) is 52.1 Å². The van der Waals surface area contributed by atoms with Gasteiger partial charge in [0.2, 0.25) is 0 Å². The van der Waals surface area contributed by atoms with Crippen molar-refractivity contribution in [2.75, 3.05) is 13.2 Å². The lowest BCUT2D eigenvalue weighted by Gasteiger charge is -2.28. The van der Waals surface area contributed by atoms with Gasteiger partial charge in [-0.15, -0.1) is 0 Å². The Labute approximate surface area is 172 Å². The molecule has 1 saturated heterocycles. The lowest BCUT2D eigenvalue weighted by molar-refractivity contribution is -0.384. The van der Waals surface area contributed by atoms with E-state index in [0.717, 1.165) is 11.4 Å². The van der Waals surface area contributed by atoms with Gasteiger partial charge in [-0.2, -0.15) is 0 Å². The standard InChI is InChI=1S/C20H19N5O3S/c26-12-11-24-19(18(22-20(24)29)16-7-1-2-9-21-16)17-8-4-10-23(17)14-5-3-6-15(13-14)25(27)28/h1-10,13,18-19,26H,11-12H2,(H,22,29)/t18-,19-/m0/s1. The second kappa shape index (κ2) is 7.98. The molecule has 9 heteroatoms. The highest BCUT2D eigenvalue weighted by atomic mass is 32.1. The predicted molar refractivity (Wildman–Crippen MR) is 112 cm³/mol. The third-order valence-electron chi connectivity index (χ3n) is 4.94. The fraction of sp³-hybridized carbons (Fsp3) is 0.200. The number of non-ortho nitro benzene ring substituents is 1. The molecule has 4 rings (SSSR count). The first-order valence-electron chi connectivity index (χ1n) is 9.11. The normalized spacial score (nSPS) is 18.7. The van der Waals surface area contributed by atoms with E-state index in [1.165, 1.54) is 12.1 Å². The highest BCUT2D eigenvalue weighted by Crippen LogP contribution is 2.39. The maximum Gasteiger partial charge on any atom is 0.271 e. The van der Waals surface area contributed by atoms with Crippen LogP contribution in [0.5, 0.6) is 0 Å². The molecule has 2 aromatic heterocycles. The van der Waals surface area contributed by atoms with Crippen LogP contribution in [0.15, 0.2) is 67.0 Å². The summed E-state index contributed by atoms with van der Waals surface area (Å²) in [6.07, 6.45) is 3.59. The molecule has 3 aromatic rings. The minimum atomic E-state index is -0.409. The molecular formula is C20H19N5O3S. The smallest absolute Gasteiger partial charge is 0.271 e. The van der Waals surface area contributed by atoms with E-state index in [1.54, 1.807) is 12.3 Å². The first-order chi connectivity index (χ1) is 14.1. The molecule has 1 aliphatic heterocycles. The van der Waals surface area contributed by atoms with Crippen LogP contribution in [0, 0.1) is 10.1 Å². The summed E-state index contributed by atoms with van der Waals surface area (Å²) in [5.41, 5.74) is 2.42. The maximum atomic E-state index is 11.2. The van der Waals surface area contributed by atoms with E-state index >= 15 is 0 Å². The van der Waals surface area contributed by atoms with Crippen LogP contribution in [-0.4, -0.2) is 42.7 Å². The molecule has 29 heavy (non-hydrogen) atoms. The summed E-state index contributed by atoms with van der Waals surface area (Å²) < 4.78 is 1.91. The molecule has 2 N–H and O–H groups in total. The van der Waals surface area contributed by atoms with Gasteiger partial charge in [-0.05, 0) is 42.5 Å². The highest BCUT2D eigenvalue weighted by Gasteiger charge is 2.40. The van der Waals surface area contributed by atoms with Crippen molar-refractivity contribution in [2.45, 2.75) is 12.1 Å². The van der Waals surface area contributed by atoms with Crippen LogP contribution >= 0.6 is 12.2 Å². The topological polar surface area (TPSA) is 96.5 Å². The number of hydrogen-bond acceptors (Lipinski definition) is 5. The van der Waals surface area contributed by atoms with E-state index in [9.17, 15) is 15.2 Å². The number of nitro benzene ring substituents is 1. The van der Waals surface area contributed by atoms with Crippen LogP contribution in [0.4, 0.5) is 5.69 Å². The van der Waals surface area contributed by atoms with E-state index in [0.29, 0.717) is 17.3 Å². The molecule has 8 nitrogen and oxygen atoms in total.